The average molecular weight is 226 g/mol. The zero-order chi connectivity index (χ0) is 10.5. The van der Waals surface area contributed by atoms with Gasteiger partial charge in [0, 0.05) is 6.42 Å². The first-order chi connectivity index (χ1) is 7.36. The summed E-state index contributed by atoms with van der Waals surface area (Å²) < 4.78 is 0. The first-order valence-electron chi connectivity index (χ1n) is 6.50. The van der Waals surface area contributed by atoms with Crippen LogP contribution in [0.1, 0.15) is 57.8 Å². The third kappa shape index (κ3) is 3.51. The minimum Gasteiger partial charge on any atom is -0.298 e. The Morgan fingerprint density at radius 1 is 1.00 bits per heavy atom. The van der Waals surface area contributed by atoms with Gasteiger partial charge >= 0.3 is 0 Å². The van der Waals surface area contributed by atoms with Crippen LogP contribution in [0.4, 0.5) is 0 Å². The van der Waals surface area contributed by atoms with E-state index in [4.69, 9.17) is 0 Å². The predicted octanol–water partition coefficient (Wildman–Crippen LogP) is 3.81. The highest BCUT2D eigenvalue weighted by atomic mass is 32.2. The molecule has 0 radical (unpaired) electrons. The Bertz CT molecular complexity index is 201. The van der Waals surface area contributed by atoms with Gasteiger partial charge < -0.3 is 0 Å². The van der Waals surface area contributed by atoms with E-state index >= 15 is 0 Å². The molecular formula is C13H22OS. The van der Waals surface area contributed by atoms with Crippen molar-refractivity contribution in [1.82, 2.24) is 0 Å². The molecule has 1 heterocycles. The summed E-state index contributed by atoms with van der Waals surface area (Å²) >= 11 is 1.89. The molecule has 1 atom stereocenters. The van der Waals surface area contributed by atoms with Gasteiger partial charge in [0.25, 0.3) is 0 Å². The zero-order valence-corrected chi connectivity index (χ0v) is 10.4. The fourth-order valence-corrected chi connectivity index (χ4v) is 4.05. The summed E-state index contributed by atoms with van der Waals surface area (Å²) in [6.07, 6.45) is 11.4. The number of rotatable bonds is 3. The quantitative estimate of drug-likeness (QED) is 0.681. The van der Waals surface area contributed by atoms with Gasteiger partial charge in [0.15, 0.2) is 0 Å². The summed E-state index contributed by atoms with van der Waals surface area (Å²) in [5, 5.41) is 0.369. The minimum absolute atomic E-state index is 0.369. The second kappa shape index (κ2) is 5.93. The largest absolute Gasteiger partial charge is 0.298 e. The van der Waals surface area contributed by atoms with Crippen molar-refractivity contribution >= 4 is 17.5 Å². The van der Waals surface area contributed by atoms with Gasteiger partial charge in [-0.2, -0.15) is 11.8 Å². The standard InChI is InChI=1S/C13H22OS/c14-12(13-8-5-9-15-13)10-11-6-3-1-2-4-7-11/h11,13H,1-10H2. The van der Waals surface area contributed by atoms with E-state index in [1.807, 2.05) is 11.8 Å². The van der Waals surface area contributed by atoms with Crippen molar-refractivity contribution in [3.8, 4) is 0 Å². The lowest BCUT2D eigenvalue weighted by Crippen LogP contribution is -2.17. The molecule has 2 fully saturated rings. The van der Waals surface area contributed by atoms with E-state index in [9.17, 15) is 4.79 Å². The highest BCUT2D eigenvalue weighted by Crippen LogP contribution is 2.31. The van der Waals surface area contributed by atoms with Crippen LogP contribution in [0.2, 0.25) is 0 Å². The smallest absolute Gasteiger partial charge is 0.146 e. The summed E-state index contributed by atoms with van der Waals surface area (Å²) in [4.78, 5) is 12.0. The predicted molar refractivity (Wildman–Crippen MR) is 66.3 cm³/mol. The summed E-state index contributed by atoms with van der Waals surface area (Å²) in [6, 6.07) is 0. The number of hydrogen-bond donors (Lipinski definition) is 0. The number of hydrogen-bond acceptors (Lipinski definition) is 2. The summed E-state index contributed by atoms with van der Waals surface area (Å²) in [5.41, 5.74) is 0. The van der Waals surface area contributed by atoms with Crippen LogP contribution in [-0.2, 0) is 4.79 Å². The van der Waals surface area contributed by atoms with Crippen molar-refractivity contribution in [3.05, 3.63) is 0 Å². The van der Waals surface area contributed by atoms with Crippen molar-refractivity contribution in [1.29, 1.82) is 0 Å². The Balaban J connectivity index is 1.76. The van der Waals surface area contributed by atoms with E-state index in [0.29, 0.717) is 11.0 Å². The van der Waals surface area contributed by atoms with Crippen LogP contribution in [0.15, 0.2) is 0 Å². The Morgan fingerprint density at radius 2 is 1.73 bits per heavy atom. The van der Waals surface area contributed by atoms with Crippen LogP contribution in [-0.4, -0.2) is 16.8 Å². The maximum absolute atomic E-state index is 12.0. The van der Waals surface area contributed by atoms with Crippen LogP contribution in [0.3, 0.4) is 0 Å². The van der Waals surface area contributed by atoms with E-state index in [0.717, 1.165) is 18.8 Å². The fourth-order valence-electron chi connectivity index (χ4n) is 2.82. The van der Waals surface area contributed by atoms with E-state index in [2.05, 4.69) is 0 Å². The van der Waals surface area contributed by atoms with Gasteiger partial charge in [-0.25, -0.2) is 0 Å². The van der Waals surface area contributed by atoms with Crippen LogP contribution in [0, 0.1) is 5.92 Å². The lowest BCUT2D eigenvalue weighted by Gasteiger charge is -2.15. The Kier molecular flexibility index (Phi) is 4.55. The molecule has 86 valence electrons. The SMILES string of the molecule is O=C(CC1CCCCCC1)C1CCCS1. The molecule has 2 heteroatoms. The summed E-state index contributed by atoms with van der Waals surface area (Å²) in [5.74, 6) is 2.49. The third-order valence-corrected chi connectivity index (χ3v) is 5.18. The number of Topliss-reactive ketones (excluding diaryl/α,β-unsaturated/α-hetero) is 1. The molecule has 1 unspecified atom stereocenters. The lowest BCUT2D eigenvalue weighted by molar-refractivity contribution is -0.119. The van der Waals surface area contributed by atoms with Crippen LogP contribution in [0.5, 0.6) is 0 Å². The molecule has 2 rings (SSSR count). The molecule has 0 spiro atoms. The second-order valence-electron chi connectivity index (χ2n) is 5.03. The van der Waals surface area contributed by atoms with Crippen molar-refractivity contribution in [2.75, 3.05) is 5.75 Å². The van der Waals surface area contributed by atoms with Crippen molar-refractivity contribution in [3.63, 3.8) is 0 Å². The van der Waals surface area contributed by atoms with Gasteiger partial charge in [-0.1, -0.05) is 38.5 Å². The van der Waals surface area contributed by atoms with Gasteiger partial charge in [0.1, 0.15) is 5.78 Å². The maximum Gasteiger partial charge on any atom is 0.146 e. The lowest BCUT2D eigenvalue weighted by atomic mass is 9.93. The van der Waals surface area contributed by atoms with E-state index in [1.54, 1.807) is 0 Å². The molecule has 0 N–H and O–H groups in total. The third-order valence-electron chi connectivity index (χ3n) is 3.75. The highest BCUT2D eigenvalue weighted by Gasteiger charge is 2.25. The summed E-state index contributed by atoms with van der Waals surface area (Å²) in [6.45, 7) is 0. The van der Waals surface area contributed by atoms with Gasteiger partial charge in [-0.3, -0.25) is 4.79 Å². The molecule has 0 aromatic carbocycles. The Hall–Kier alpha value is 0.0200. The normalized spacial score (nSPS) is 28.9. The molecule has 0 aromatic rings. The van der Waals surface area contributed by atoms with Crippen LogP contribution >= 0.6 is 11.8 Å². The molecule has 1 saturated heterocycles. The van der Waals surface area contributed by atoms with Gasteiger partial charge in [-0.05, 0) is 24.5 Å². The van der Waals surface area contributed by atoms with Crippen LogP contribution in [0.25, 0.3) is 0 Å². The number of carbonyl (C=O) groups excluding carboxylic acids is 1. The number of ketones is 1. The molecular weight excluding hydrogens is 204 g/mol. The summed E-state index contributed by atoms with van der Waals surface area (Å²) in [7, 11) is 0. The first kappa shape index (κ1) is 11.5. The van der Waals surface area contributed by atoms with Crippen molar-refractivity contribution in [2.45, 2.75) is 63.0 Å². The molecule has 1 saturated carbocycles. The second-order valence-corrected chi connectivity index (χ2v) is 6.34. The van der Waals surface area contributed by atoms with E-state index in [-0.39, 0.29) is 0 Å². The molecule has 0 amide bonds. The molecule has 1 aliphatic heterocycles. The molecule has 1 nitrogen and oxygen atoms in total. The minimum atomic E-state index is 0.369. The van der Waals surface area contributed by atoms with Gasteiger partial charge in [0.2, 0.25) is 0 Å². The van der Waals surface area contributed by atoms with Crippen LogP contribution < -0.4 is 0 Å². The number of carbonyl (C=O) groups is 1. The number of thioether (sulfide) groups is 1. The topological polar surface area (TPSA) is 17.1 Å². The monoisotopic (exact) mass is 226 g/mol. The van der Waals surface area contributed by atoms with E-state index in [1.165, 1.54) is 50.7 Å². The molecule has 1 aliphatic carbocycles. The van der Waals surface area contributed by atoms with Gasteiger partial charge in [-0.15, -0.1) is 0 Å². The highest BCUT2D eigenvalue weighted by molar-refractivity contribution is 8.00. The van der Waals surface area contributed by atoms with Gasteiger partial charge in [0.05, 0.1) is 5.25 Å². The maximum atomic E-state index is 12.0. The molecule has 2 aliphatic rings. The molecule has 15 heavy (non-hydrogen) atoms. The Morgan fingerprint density at radius 3 is 2.33 bits per heavy atom. The molecule has 0 bridgehead atoms. The Labute approximate surface area is 97.4 Å². The zero-order valence-electron chi connectivity index (χ0n) is 9.54. The van der Waals surface area contributed by atoms with E-state index < -0.39 is 0 Å². The van der Waals surface area contributed by atoms with Crippen molar-refractivity contribution in [2.24, 2.45) is 5.92 Å². The average Bonchev–Trinajstić information content (AvgIpc) is 2.65. The fraction of sp³-hybridized carbons (Fsp3) is 0.923. The van der Waals surface area contributed by atoms with Crippen molar-refractivity contribution < 1.29 is 4.79 Å². The first-order valence-corrected chi connectivity index (χ1v) is 7.55. The molecule has 0 aromatic heterocycles.